The fourth-order valence-corrected chi connectivity index (χ4v) is 4.59. The molecule has 1 saturated heterocycles. The molecule has 1 amide bonds. The number of carbonyl (C=O) groups excluding carboxylic acids is 1. The molecule has 3 heteroatoms. The number of benzene rings is 1. The first-order valence-corrected chi connectivity index (χ1v) is 12.3. The van der Waals surface area contributed by atoms with E-state index in [2.05, 4.69) is 38.1 Å². The van der Waals surface area contributed by atoms with Crippen LogP contribution >= 0.6 is 11.8 Å². The van der Waals surface area contributed by atoms with Crippen molar-refractivity contribution in [3.05, 3.63) is 46.0 Å². The van der Waals surface area contributed by atoms with E-state index in [-0.39, 0.29) is 5.91 Å². The summed E-state index contributed by atoms with van der Waals surface area (Å²) in [6, 6.07) is 6.72. The Kier molecular flexibility index (Phi) is 14.1. The summed E-state index contributed by atoms with van der Waals surface area (Å²) < 4.78 is 0. The van der Waals surface area contributed by atoms with Crippen molar-refractivity contribution in [3.8, 4) is 0 Å². The molecular formula is C25H43NOS. The van der Waals surface area contributed by atoms with Gasteiger partial charge in [0.05, 0.1) is 5.03 Å². The molecule has 1 atom stereocenters. The smallest absolute Gasteiger partial charge is 0.224 e. The second-order valence-electron chi connectivity index (χ2n) is 6.63. The van der Waals surface area contributed by atoms with E-state index in [4.69, 9.17) is 0 Å². The summed E-state index contributed by atoms with van der Waals surface area (Å²) in [7, 11) is 0. The van der Waals surface area contributed by atoms with Gasteiger partial charge in [-0.15, -0.1) is 11.8 Å². The molecule has 2 fully saturated rings. The van der Waals surface area contributed by atoms with Crippen LogP contribution in [0.4, 0.5) is 0 Å². The fourth-order valence-electron chi connectivity index (χ4n) is 3.41. The van der Waals surface area contributed by atoms with Crippen LogP contribution in [0.2, 0.25) is 0 Å². The number of carbonyl (C=O) groups is 1. The molecule has 0 radical (unpaired) electrons. The van der Waals surface area contributed by atoms with E-state index in [1.165, 1.54) is 24.0 Å². The van der Waals surface area contributed by atoms with Crippen LogP contribution in [-0.4, -0.2) is 23.1 Å². The summed E-state index contributed by atoms with van der Waals surface area (Å²) in [4.78, 5) is 13.6. The van der Waals surface area contributed by atoms with Crippen molar-refractivity contribution in [1.29, 1.82) is 0 Å². The van der Waals surface area contributed by atoms with E-state index >= 15 is 0 Å². The van der Waals surface area contributed by atoms with E-state index < -0.39 is 0 Å². The normalized spacial score (nSPS) is 17.5. The lowest BCUT2D eigenvalue weighted by Crippen LogP contribution is -2.24. The molecule has 0 N–H and O–H groups in total. The highest BCUT2D eigenvalue weighted by Gasteiger charge is 2.28. The largest absolute Gasteiger partial charge is 0.306 e. The first-order valence-electron chi connectivity index (χ1n) is 11.3. The summed E-state index contributed by atoms with van der Waals surface area (Å²) >= 11 is 1.81. The number of hydrogen-bond donors (Lipinski definition) is 0. The van der Waals surface area contributed by atoms with Crippen molar-refractivity contribution in [2.24, 2.45) is 5.92 Å². The maximum atomic E-state index is 11.7. The van der Waals surface area contributed by atoms with Gasteiger partial charge in [-0.2, -0.15) is 0 Å². The third-order valence-corrected chi connectivity index (χ3v) is 5.62. The summed E-state index contributed by atoms with van der Waals surface area (Å²) in [5, 5.41) is 1.15. The summed E-state index contributed by atoms with van der Waals surface area (Å²) in [6.45, 7) is 19.0. The molecule has 0 aromatic heterocycles. The van der Waals surface area contributed by atoms with Crippen molar-refractivity contribution < 1.29 is 4.79 Å². The lowest BCUT2D eigenvalue weighted by molar-refractivity contribution is -0.126. The molecule has 1 aliphatic heterocycles. The quantitative estimate of drug-likeness (QED) is 0.515. The molecule has 160 valence electrons. The van der Waals surface area contributed by atoms with Crippen LogP contribution in [0, 0.1) is 12.8 Å². The fraction of sp³-hybridized carbons (Fsp3) is 0.640. The molecule has 3 rings (SSSR count). The molecule has 1 heterocycles. The average molecular weight is 406 g/mol. The van der Waals surface area contributed by atoms with E-state index in [1.54, 1.807) is 12.5 Å². The van der Waals surface area contributed by atoms with Crippen LogP contribution < -0.4 is 0 Å². The average Bonchev–Trinajstić information content (AvgIpc) is 3.44. The van der Waals surface area contributed by atoms with Crippen molar-refractivity contribution >= 4 is 17.7 Å². The number of thioether (sulfide) groups is 1. The second kappa shape index (κ2) is 14.7. The SMILES string of the molecule is CC.CC.CC.CC(=O)N1CCS/C1=C\C(C)Cc1cccc(C)c1C1CC1. The number of aryl methyl sites for hydroxylation is 1. The van der Waals surface area contributed by atoms with Crippen LogP contribution in [-0.2, 0) is 11.2 Å². The minimum absolute atomic E-state index is 0.165. The molecule has 1 aromatic carbocycles. The van der Waals surface area contributed by atoms with Gasteiger partial charge in [0.15, 0.2) is 0 Å². The van der Waals surface area contributed by atoms with Gasteiger partial charge in [0.1, 0.15) is 0 Å². The Bertz CT molecular complexity index is 605. The third-order valence-electron chi connectivity index (χ3n) is 4.58. The Balaban J connectivity index is 0.00000111. The maximum absolute atomic E-state index is 11.7. The van der Waals surface area contributed by atoms with Crippen molar-refractivity contribution in [3.63, 3.8) is 0 Å². The molecule has 2 nitrogen and oxygen atoms in total. The first-order chi connectivity index (χ1) is 13.6. The predicted octanol–water partition coefficient (Wildman–Crippen LogP) is 7.57. The predicted molar refractivity (Wildman–Crippen MR) is 128 cm³/mol. The second-order valence-corrected chi connectivity index (χ2v) is 7.74. The molecule has 2 aliphatic rings. The van der Waals surface area contributed by atoms with E-state index in [9.17, 15) is 4.79 Å². The highest BCUT2D eigenvalue weighted by atomic mass is 32.2. The molecule has 0 spiro atoms. The Morgan fingerprint density at radius 2 is 1.79 bits per heavy atom. The van der Waals surface area contributed by atoms with Gasteiger partial charge in [0.25, 0.3) is 0 Å². The van der Waals surface area contributed by atoms with Crippen molar-refractivity contribution in [2.45, 2.75) is 87.5 Å². The van der Waals surface area contributed by atoms with Crippen molar-refractivity contribution in [1.82, 2.24) is 4.90 Å². The summed E-state index contributed by atoms with van der Waals surface area (Å²) in [5.74, 6) is 2.45. The standard InChI is InChI=1S/C19H25NOS.3C2H6/c1-13(12-18-20(15(3)21)9-10-22-18)11-17-6-4-5-14(2)19(17)16-7-8-16;3*1-2/h4-6,12-13,16H,7-11H2,1-3H3;3*1-2H3/b18-12-;;;. The zero-order valence-electron chi connectivity index (χ0n) is 19.8. The number of hydrogen-bond acceptors (Lipinski definition) is 2. The van der Waals surface area contributed by atoms with Gasteiger partial charge in [0.2, 0.25) is 5.91 Å². The number of nitrogens with zero attached hydrogens (tertiary/aromatic N) is 1. The molecule has 28 heavy (non-hydrogen) atoms. The summed E-state index contributed by atoms with van der Waals surface area (Å²) in [5.41, 5.74) is 4.54. The van der Waals surface area contributed by atoms with Gasteiger partial charge in [-0.05, 0) is 54.7 Å². The molecule has 1 aliphatic carbocycles. The monoisotopic (exact) mass is 405 g/mol. The number of amides is 1. The van der Waals surface area contributed by atoms with Crippen LogP contribution in [0.3, 0.4) is 0 Å². The first kappa shape index (κ1) is 26.8. The molecule has 0 bridgehead atoms. The number of rotatable bonds is 4. The van der Waals surface area contributed by atoms with Gasteiger partial charge in [0, 0.05) is 19.2 Å². The minimum atomic E-state index is 0.165. The van der Waals surface area contributed by atoms with E-state index in [0.717, 1.165) is 29.7 Å². The zero-order valence-corrected chi connectivity index (χ0v) is 20.6. The minimum Gasteiger partial charge on any atom is -0.306 e. The number of allylic oxidation sites excluding steroid dienone is 1. The molecule has 1 saturated carbocycles. The van der Waals surface area contributed by atoms with Gasteiger partial charge in [-0.3, -0.25) is 4.79 Å². The Labute approximate surface area is 179 Å². The van der Waals surface area contributed by atoms with E-state index in [1.807, 2.05) is 58.2 Å². The van der Waals surface area contributed by atoms with Gasteiger partial charge >= 0.3 is 0 Å². The Hall–Kier alpha value is -1.22. The van der Waals surface area contributed by atoms with E-state index in [0.29, 0.717) is 5.92 Å². The van der Waals surface area contributed by atoms with Crippen LogP contribution in [0.1, 0.15) is 90.8 Å². The van der Waals surface area contributed by atoms with Gasteiger partial charge < -0.3 is 4.90 Å². The van der Waals surface area contributed by atoms with Gasteiger partial charge in [-0.1, -0.05) is 72.7 Å². The molecule has 1 aromatic rings. The van der Waals surface area contributed by atoms with Crippen molar-refractivity contribution in [2.75, 3.05) is 12.3 Å². The third kappa shape index (κ3) is 8.03. The lowest BCUT2D eigenvalue weighted by atomic mass is 9.91. The molecule has 1 unspecified atom stereocenters. The van der Waals surface area contributed by atoms with Crippen LogP contribution in [0.25, 0.3) is 0 Å². The Morgan fingerprint density at radius 1 is 1.18 bits per heavy atom. The maximum Gasteiger partial charge on any atom is 0.224 e. The molecular weight excluding hydrogens is 362 g/mol. The Morgan fingerprint density at radius 3 is 2.32 bits per heavy atom. The highest BCUT2D eigenvalue weighted by molar-refractivity contribution is 8.03. The highest BCUT2D eigenvalue weighted by Crippen LogP contribution is 2.43. The summed E-state index contributed by atoms with van der Waals surface area (Å²) in [6.07, 6.45) is 6.06. The lowest BCUT2D eigenvalue weighted by Gasteiger charge is -2.18. The zero-order chi connectivity index (χ0) is 21.7. The van der Waals surface area contributed by atoms with Crippen LogP contribution in [0.15, 0.2) is 29.3 Å². The topological polar surface area (TPSA) is 20.3 Å². The van der Waals surface area contributed by atoms with Gasteiger partial charge in [-0.25, -0.2) is 0 Å². The van der Waals surface area contributed by atoms with Crippen LogP contribution in [0.5, 0.6) is 0 Å².